The second kappa shape index (κ2) is 9.70. The molecule has 138 valence electrons. The van der Waals surface area contributed by atoms with Crippen LogP contribution in [-0.2, 0) is 13.0 Å². The summed E-state index contributed by atoms with van der Waals surface area (Å²) in [4.78, 5) is 12.6. The monoisotopic (exact) mass is 359 g/mol. The standard InChI is InChI=1S/C24H25NO2/c1-19(25-17-16-20-8-4-2-5-9-20)24(26)22-12-14-23(15-13-22)27-18-21-10-6-3-7-11-21/h2-15,19,25H,16-18H2,1H3/t19-/m1/s1. The van der Waals surface area contributed by atoms with Crippen LogP contribution in [0.2, 0.25) is 0 Å². The van der Waals surface area contributed by atoms with Gasteiger partial charge in [-0.2, -0.15) is 0 Å². The number of ketones is 1. The molecule has 3 nitrogen and oxygen atoms in total. The summed E-state index contributed by atoms with van der Waals surface area (Å²) >= 11 is 0. The summed E-state index contributed by atoms with van der Waals surface area (Å²) < 4.78 is 5.77. The molecule has 0 fully saturated rings. The fourth-order valence-corrected chi connectivity index (χ4v) is 2.88. The molecule has 0 radical (unpaired) electrons. The molecule has 0 saturated heterocycles. The summed E-state index contributed by atoms with van der Waals surface area (Å²) in [5.41, 5.74) is 3.08. The summed E-state index contributed by atoms with van der Waals surface area (Å²) in [6.07, 6.45) is 0.907. The Hall–Kier alpha value is -2.91. The lowest BCUT2D eigenvalue weighted by molar-refractivity contribution is 0.0951. The van der Waals surface area contributed by atoms with Crippen LogP contribution in [0.3, 0.4) is 0 Å². The van der Waals surface area contributed by atoms with E-state index in [0.717, 1.165) is 24.3 Å². The Balaban J connectivity index is 1.47. The average Bonchev–Trinajstić information content (AvgIpc) is 2.73. The van der Waals surface area contributed by atoms with Crippen LogP contribution in [0.15, 0.2) is 84.9 Å². The van der Waals surface area contributed by atoms with Crippen LogP contribution in [0.4, 0.5) is 0 Å². The molecule has 0 amide bonds. The Labute approximate surface area is 161 Å². The molecule has 0 aromatic heterocycles. The lowest BCUT2D eigenvalue weighted by Crippen LogP contribution is -2.35. The van der Waals surface area contributed by atoms with Gasteiger partial charge in [0.1, 0.15) is 12.4 Å². The maximum atomic E-state index is 12.6. The van der Waals surface area contributed by atoms with E-state index in [2.05, 4.69) is 17.4 Å². The van der Waals surface area contributed by atoms with E-state index in [1.807, 2.05) is 79.7 Å². The molecule has 3 aromatic rings. The highest BCUT2D eigenvalue weighted by molar-refractivity contribution is 5.99. The van der Waals surface area contributed by atoms with Crippen molar-refractivity contribution in [2.45, 2.75) is 26.0 Å². The van der Waals surface area contributed by atoms with Gasteiger partial charge in [0.2, 0.25) is 0 Å². The lowest BCUT2D eigenvalue weighted by atomic mass is 10.0. The van der Waals surface area contributed by atoms with Crippen molar-refractivity contribution in [3.63, 3.8) is 0 Å². The fourth-order valence-electron chi connectivity index (χ4n) is 2.88. The number of carbonyl (C=O) groups excluding carboxylic acids is 1. The molecule has 0 unspecified atom stereocenters. The number of ether oxygens (including phenoxy) is 1. The first-order valence-electron chi connectivity index (χ1n) is 9.31. The molecule has 1 atom stereocenters. The van der Waals surface area contributed by atoms with Crippen LogP contribution in [0.25, 0.3) is 0 Å². The van der Waals surface area contributed by atoms with Gasteiger partial charge in [0, 0.05) is 5.56 Å². The van der Waals surface area contributed by atoms with E-state index in [0.29, 0.717) is 12.2 Å². The number of hydrogen-bond donors (Lipinski definition) is 1. The normalized spacial score (nSPS) is 11.7. The van der Waals surface area contributed by atoms with Gasteiger partial charge in [-0.1, -0.05) is 60.7 Å². The second-order valence-corrected chi connectivity index (χ2v) is 6.57. The van der Waals surface area contributed by atoms with Gasteiger partial charge in [-0.05, 0) is 55.3 Å². The Morgan fingerprint density at radius 2 is 1.44 bits per heavy atom. The topological polar surface area (TPSA) is 38.3 Å². The van der Waals surface area contributed by atoms with Crippen LogP contribution < -0.4 is 10.1 Å². The Kier molecular flexibility index (Phi) is 6.78. The molecule has 3 rings (SSSR count). The maximum Gasteiger partial charge on any atom is 0.179 e. The number of hydrogen-bond acceptors (Lipinski definition) is 3. The van der Waals surface area contributed by atoms with Gasteiger partial charge in [0.25, 0.3) is 0 Å². The highest BCUT2D eigenvalue weighted by Gasteiger charge is 2.14. The second-order valence-electron chi connectivity index (χ2n) is 6.57. The summed E-state index contributed by atoms with van der Waals surface area (Å²) in [6, 6.07) is 27.5. The number of rotatable bonds is 9. The van der Waals surface area contributed by atoms with Crippen molar-refractivity contribution in [3.05, 3.63) is 102 Å². The van der Waals surface area contributed by atoms with Crippen molar-refractivity contribution < 1.29 is 9.53 Å². The molecular formula is C24H25NO2. The van der Waals surface area contributed by atoms with E-state index >= 15 is 0 Å². The number of nitrogens with one attached hydrogen (secondary N) is 1. The van der Waals surface area contributed by atoms with Crippen molar-refractivity contribution in [1.82, 2.24) is 5.32 Å². The van der Waals surface area contributed by atoms with Crippen LogP contribution >= 0.6 is 0 Å². The highest BCUT2D eigenvalue weighted by Crippen LogP contribution is 2.15. The zero-order valence-electron chi connectivity index (χ0n) is 15.6. The summed E-state index contributed by atoms with van der Waals surface area (Å²) in [5, 5.41) is 3.31. The molecule has 0 aliphatic carbocycles. The molecule has 0 aliphatic heterocycles. The van der Waals surface area contributed by atoms with Crippen molar-refractivity contribution in [1.29, 1.82) is 0 Å². The van der Waals surface area contributed by atoms with Crippen molar-refractivity contribution in [3.8, 4) is 5.75 Å². The predicted molar refractivity (Wildman–Crippen MR) is 109 cm³/mol. The molecule has 1 N–H and O–H groups in total. The summed E-state index contributed by atoms with van der Waals surface area (Å²) in [6.45, 7) is 3.20. The van der Waals surface area contributed by atoms with Crippen molar-refractivity contribution >= 4 is 5.78 Å². The fraction of sp³-hybridized carbons (Fsp3) is 0.208. The third-order valence-corrected chi connectivity index (χ3v) is 4.49. The molecule has 27 heavy (non-hydrogen) atoms. The smallest absolute Gasteiger partial charge is 0.179 e. The Bertz CT molecular complexity index is 829. The Morgan fingerprint density at radius 3 is 2.07 bits per heavy atom. The van der Waals surface area contributed by atoms with E-state index in [9.17, 15) is 4.79 Å². The molecule has 3 heteroatoms. The minimum atomic E-state index is -0.218. The molecule has 0 heterocycles. The molecule has 0 spiro atoms. The highest BCUT2D eigenvalue weighted by atomic mass is 16.5. The van der Waals surface area contributed by atoms with Crippen LogP contribution in [0, 0.1) is 0 Å². The molecule has 3 aromatic carbocycles. The van der Waals surface area contributed by atoms with Gasteiger partial charge < -0.3 is 10.1 Å². The number of Topliss-reactive ketones (excluding diaryl/α,β-unsaturated/α-hetero) is 1. The molecular weight excluding hydrogens is 334 g/mol. The van der Waals surface area contributed by atoms with Gasteiger partial charge in [0.05, 0.1) is 6.04 Å². The molecule has 0 aliphatic rings. The quantitative estimate of drug-likeness (QED) is 0.564. The first-order valence-corrected chi connectivity index (χ1v) is 9.31. The summed E-state index contributed by atoms with van der Waals surface area (Å²) in [5.74, 6) is 0.859. The number of carbonyl (C=O) groups is 1. The SMILES string of the molecule is C[C@@H](NCCc1ccccc1)C(=O)c1ccc(OCc2ccccc2)cc1. The van der Waals surface area contributed by atoms with Crippen molar-refractivity contribution in [2.75, 3.05) is 6.54 Å². The largest absolute Gasteiger partial charge is 0.489 e. The lowest BCUT2D eigenvalue weighted by Gasteiger charge is -2.13. The number of benzene rings is 3. The van der Waals surface area contributed by atoms with E-state index in [1.54, 1.807) is 0 Å². The van der Waals surface area contributed by atoms with Crippen LogP contribution in [0.1, 0.15) is 28.4 Å². The van der Waals surface area contributed by atoms with Gasteiger partial charge in [-0.3, -0.25) is 4.79 Å². The average molecular weight is 359 g/mol. The zero-order valence-corrected chi connectivity index (χ0v) is 15.6. The first-order chi connectivity index (χ1) is 13.2. The van der Waals surface area contributed by atoms with Gasteiger partial charge in [-0.25, -0.2) is 0 Å². The molecule has 0 saturated carbocycles. The minimum absolute atomic E-state index is 0.0951. The van der Waals surface area contributed by atoms with E-state index in [-0.39, 0.29) is 11.8 Å². The maximum absolute atomic E-state index is 12.6. The molecule has 0 bridgehead atoms. The van der Waals surface area contributed by atoms with E-state index < -0.39 is 0 Å². The van der Waals surface area contributed by atoms with Gasteiger partial charge >= 0.3 is 0 Å². The zero-order chi connectivity index (χ0) is 18.9. The summed E-state index contributed by atoms with van der Waals surface area (Å²) in [7, 11) is 0. The third kappa shape index (κ3) is 5.80. The van der Waals surface area contributed by atoms with E-state index in [4.69, 9.17) is 4.74 Å². The predicted octanol–water partition coefficient (Wildman–Crippen LogP) is 4.67. The van der Waals surface area contributed by atoms with E-state index in [1.165, 1.54) is 5.56 Å². The van der Waals surface area contributed by atoms with Crippen molar-refractivity contribution in [2.24, 2.45) is 0 Å². The third-order valence-electron chi connectivity index (χ3n) is 4.49. The van der Waals surface area contributed by atoms with Crippen LogP contribution in [-0.4, -0.2) is 18.4 Å². The Morgan fingerprint density at radius 1 is 0.852 bits per heavy atom. The van der Waals surface area contributed by atoms with Gasteiger partial charge in [0.15, 0.2) is 5.78 Å². The van der Waals surface area contributed by atoms with Gasteiger partial charge in [-0.15, -0.1) is 0 Å². The minimum Gasteiger partial charge on any atom is -0.489 e. The first kappa shape index (κ1) is 18.9. The van der Waals surface area contributed by atoms with Crippen LogP contribution in [0.5, 0.6) is 5.75 Å².